The quantitative estimate of drug-likeness (QED) is 0.619. The number of nitrogens with two attached hydrogens (primary N) is 1. The number of aliphatic hydroxyl groups is 2. The lowest BCUT2D eigenvalue weighted by Crippen LogP contribution is -2.34. The zero-order valence-corrected chi connectivity index (χ0v) is 13.0. The van der Waals surface area contributed by atoms with Crippen LogP contribution in [0.4, 0.5) is 14.9 Å². The number of nitrogen functional groups attached to an aromatic ring is 1. The van der Waals surface area contributed by atoms with Crippen LogP contribution in [-0.4, -0.2) is 34.6 Å². The highest BCUT2D eigenvalue weighted by Gasteiger charge is 2.22. The van der Waals surface area contributed by atoms with E-state index in [0.29, 0.717) is 0 Å². The van der Waals surface area contributed by atoms with Gasteiger partial charge in [-0.1, -0.05) is 12.1 Å². The van der Waals surface area contributed by atoms with Crippen molar-refractivity contribution in [3.05, 3.63) is 29.6 Å². The lowest BCUT2D eigenvalue weighted by molar-refractivity contribution is 0.0126. The number of carbonyl (C=O) groups is 1. The van der Waals surface area contributed by atoms with Gasteiger partial charge in [0.05, 0.1) is 11.8 Å². The van der Waals surface area contributed by atoms with E-state index in [4.69, 9.17) is 10.5 Å². The van der Waals surface area contributed by atoms with Crippen molar-refractivity contribution in [2.75, 3.05) is 12.3 Å². The number of hydrogen-bond acceptors (Lipinski definition) is 5. The maximum Gasteiger partial charge on any atom is 0.407 e. The number of carbonyl (C=O) groups excluding carboxylic acids is 1. The van der Waals surface area contributed by atoms with Crippen LogP contribution in [0.5, 0.6) is 0 Å². The summed E-state index contributed by atoms with van der Waals surface area (Å²) >= 11 is 0. The number of para-hydroxylation sites is 1. The van der Waals surface area contributed by atoms with E-state index >= 15 is 0 Å². The first kappa shape index (κ1) is 18.2. The number of benzene rings is 1. The molecule has 2 unspecified atom stereocenters. The third-order valence-corrected chi connectivity index (χ3v) is 2.88. The summed E-state index contributed by atoms with van der Waals surface area (Å²) in [5.74, 6) is -0.657. The Hall–Kier alpha value is -1.86. The number of hydrogen-bond donors (Lipinski definition) is 4. The van der Waals surface area contributed by atoms with Crippen molar-refractivity contribution >= 4 is 11.8 Å². The summed E-state index contributed by atoms with van der Waals surface area (Å²) in [6.07, 6.45) is -3.08. The van der Waals surface area contributed by atoms with Crippen molar-refractivity contribution < 1.29 is 24.1 Å². The van der Waals surface area contributed by atoms with Crippen molar-refractivity contribution in [1.29, 1.82) is 0 Å². The van der Waals surface area contributed by atoms with Gasteiger partial charge in [-0.05, 0) is 33.3 Å². The lowest BCUT2D eigenvalue weighted by Gasteiger charge is -2.22. The van der Waals surface area contributed by atoms with E-state index in [-0.39, 0.29) is 24.2 Å². The summed E-state index contributed by atoms with van der Waals surface area (Å²) in [6.45, 7) is 5.30. The molecule has 5 N–H and O–H groups in total. The van der Waals surface area contributed by atoms with Gasteiger partial charge in [-0.25, -0.2) is 9.18 Å². The first-order valence-electron chi connectivity index (χ1n) is 6.98. The van der Waals surface area contributed by atoms with Crippen LogP contribution < -0.4 is 11.1 Å². The van der Waals surface area contributed by atoms with Crippen LogP contribution in [0.15, 0.2) is 18.2 Å². The Labute approximate surface area is 129 Å². The Morgan fingerprint density at radius 1 is 1.41 bits per heavy atom. The number of anilines is 1. The second-order valence-corrected chi connectivity index (χ2v) is 5.97. The van der Waals surface area contributed by atoms with Crippen LogP contribution in [0.2, 0.25) is 0 Å². The number of alkyl carbamates (subject to hydrolysis) is 1. The largest absolute Gasteiger partial charge is 0.444 e. The van der Waals surface area contributed by atoms with Gasteiger partial charge < -0.3 is 26.0 Å². The molecule has 0 fully saturated rings. The fourth-order valence-corrected chi connectivity index (χ4v) is 1.81. The summed E-state index contributed by atoms with van der Waals surface area (Å²) in [7, 11) is 0. The maximum absolute atomic E-state index is 13.3. The molecule has 0 saturated carbocycles. The van der Waals surface area contributed by atoms with Gasteiger partial charge in [0.2, 0.25) is 0 Å². The minimum atomic E-state index is -1.34. The summed E-state index contributed by atoms with van der Waals surface area (Å²) < 4.78 is 18.4. The van der Waals surface area contributed by atoms with Gasteiger partial charge in [-0.3, -0.25) is 0 Å². The standard InChI is InChI=1S/C15H23FN2O4/c1-15(2,3)22-14(21)18-8-7-11(19)13(20)9-5-4-6-10(16)12(9)17/h4-6,11,13,19-20H,7-8,17H2,1-3H3,(H,18,21). The number of halogens is 1. The monoisotopic (exact) mass is 314 g/mol. The molecule has 1 rings (SSSR count). The van der Waals surface area contributed by atoms with E-state index in [2.05, 4.69) is 5.32 Å². The molecule has 7 heteroatoms. The highest BCUT2D eigenvalue weighted by Crippen LogP contribution is 2.26. The number of rotatable bonds is 5. The highest BCUT2D eigenvalue weighted by molar-refractivity contribution is 5.67. The molecule has 0 aliphatic carbocycles. The van der Waals surface area contributed by atoms with Crippen LogP contribution in [-0.2, 0) is 4.74 Å². The maximum atomic E-state index is 13.3. The van der Waals surface area contributed by atoms with Crippen LogP contribution in [0.1, 0.15) is 38.9 Å². The number of nitrogens with one attached hydrogen (secondary N) is 1. The molecule has 0 spiro atoms. The molecule has 0 aliphatic heterocycles. The zero-order valence-electron chi connectivity index (χ0n) is 13.0. The van der Waals surface area contributed by atoms with Gasteiger partial charge in [0.15, 0.2) is 0 Å². The first-order valence-corrected chi connectivity index (χ1v) is 6.98. The molecule has 6 nitrogen and oxygen atoms in total. The second-order valence-electron chi connectivity index (χ2n) is 5.97. The van der Waals surface area contributed by atoms with Crippen molar-refractivity contribution in [2.24, 2.45) is 0 Å². The van der Waals surface area contributed by atoms with E-state index in [1.54, 1.807) is 20.8 Å². The van der Waals surface area contributed by atoms with Crippen molar-refractivity contribution in [3.63, 3.8) is 0 Å². The average Bonchev–Trinajstić information content (AvgIpc) is 2.39. The number of ether oxygens (including phenoxy) is 1. The summed E-state index contributed by atoms with van der Waals surface area (Å²) in [5.41, 5.74) is 4.83. The van der Waals surface area contributed by atoms with E-state index in [9.17, 15) is 19.4 Å². The third-order valence-electron chi connectivity index (χ3n) is 2.88. The van der Waals surface area contributed by atoms with Crippen molar-refractivity contribution in [2.45, 2.75) is 45.0 Å². The van der Waals surface area contributed by atoms with Crippen LogP contribution in [0.25, 0.3) is 0 Å². The molecule has 124 valence electrons. The Balaban J connectivity index is 2.50. The minimum absolute atomic E-state index is 0.0658. The molecule has 0 heterocycles. The summed E-state index contributed by atoms with van der Waals surface area (Å²) in [5, 5.41) is 22.4. The van der Waals surface area contributed by atoms with Crippen LogP contribution in [0, 0.1) is 5.82 Å². The molecule has 1 amide bonds. The van der Waals surface area contributed by atoms with E-state index in [1.807, 2.05) is 0 Å². The van der Waals surface area contributed by atoms with Gasteiger partial charge in [0.25, 0.3) is 0 Å². The second kappa shape index (κ2) is 7.42. The van der Waals surface area contributed by atoms with Crippen LogP contribution in [0.3, 0.4) is 0 Å². The number of aliphatic hydroxyl groups excluding tert-OH is 2. The Bertz CT molecular complexity index is 517. The first-order chi connectivity index (χ1) is 10.1. The SMILES string of the molecule is CC(C)(C)OC(=O)NCCC(O)C(O)c1cccc(F)c1N. The molecule has 0 bridgehead atoms. The molecular weight excluding hydrogens is 291 g/mol. The van der Waals surface area contributed by atoms with Gasteiger partial charge in [0.1, 0.15) is 17.5 Å². The fraction of sp³-hybridized carbons (Fsp3) is 0.533. The normalized spacial score (nSPS) is 14.3. The van der Waals surface area contributed by atoms with E-state index < -0.39 is 29.7 Å². The third kappa shape index (κ3) is 5.50. The van der Waals surface area contributed by atoms with E-state index in [1.165, 1.54) is 18.2 Å². The Kier molecular flexibility index (Phi) is 6.13. The summed E-state index contributed by atoms with van der Waals surface area (Å²) in [4.78, 5) is 11.4. The summed E-state index contributed by atoms with van der Waals surface area (Å²) in [6, 6.07) is 4.01. The Morgan fingerprint density at radius 2 is 2.05 bits per heavy atom. The average molecular weight is 314 g/mol. The van der Waals surface area contributed by atoms with Gasteiger partial charge in [-0.2, -0.15) is 0 Å². The van der Waals surface area contributed by atoms with Gasteiger partial charge in [-0.15, -0.1) is 0 Å². The predicted octanol–water partition coefficient (Wildman–Crippen LogP) is 1.72. The molecular formula is C15H23FN2O4. The van der Waals surface area contributed by atoms with Gasteiger partial charge in [0, 0.05) is 12.1 Å². The zero-order chi connectivity index (χ0) is 16.9. The van der Waals surface area contributed by atoms with E-state index in [0.717, 1.165) is 0 Å². The lowest BCUT2D eigenvalue weighted by atomic mass is 10.0. The molecule has 0 radical (unpaired) electrons. The number of amides is 1. The molecule has 22 heavy (non-hydrogen) atoms. The predicted molar refractivity (Wildman–Crippen MR) is 80.6 cm³/mol. The highest BCUT2D eigenvalue weighted by atomic mass is 19.1. The molecule has 1 aromatic rings. The fourth-order valence-electron chi connectivity index (χ4n) is 1.81. The molecule has 0 aliphatic rings. The smallest absolute Gasteiger partial charge is 0.407 e. The molecule has 0 aromatic heterocycles. The van der Waals surface area contributed by atoms with Crippen molar-refractivity contribution in [1.82, 2.24) is 5.32 Å². The Morgan fingerprint density at radius 3 is 2.64 bits per heavy atom. The molecule has 2 atom stereocenters. The molecule has 1 aromatic carbocycles. The minimum Gasteiger partial charge on any atom is -0.444 e. The van der Waals surface area contributed by atoms with Crippen LogP contribution >= 0.6 is 0 Å². The van der Waals surface area contributed by atoms with Gasteiger partial charge >= 0.3 is 6.09 Å². The van der Waals surface area contributed by atoms with Crippen molar-refractivity contribution in [3.8, 4) is 0 Å². The topological polar surface area (TPSA) is 105 Å². The molecule has 0 saturated heterocycles.